The molecule has 0 spiro atoms. The number of guanidine groups is 1. The van der Waals surface area contributed by atoms with Crippen molar-refractivity contribution >= 4 is 47.0 Å². The number of benzene rings is 1. The Balaban J connectivity index is 0.00000225. The normalized spacial score (nSPS) is 19.9. The minimum absolute atomic E-state index is 0. The summed E-state index contributed by atoms with van der Waals surface area (Å²) in [6.07, 6.45) is 0.255. The topological polar surface area (TPSA) is 62.9 Å². The van der Waals surface area contributed by atoms with E-state index in [1.165, 1.54) is 4.88 Å². The van der Waals surface area contributed by atoms with Crippen LogP contribution in [0.5, 0.6) is 0 Å². The van der Waals surface area contributed by atoms with E-state index in [1.54, 1.807) is 11.3 Å². The van der Waals surface area contributed by atoms with E-state index >= 15 is 0 Å². The zero-order chi connectivity index (χ0) is 16.8. The molecule has 5 nitrogen and oxygen atoms in total. The van der Waals surface area contributed by atoms with Gasteiger partial charge in [-0.15, -0.1) is 35.3 Å². The van der Waals surface area contributed by atoms with E-state index in [-0.39, 0.29) is 36.1 Å². The summed E-state index contributed by atoms with van der Waals surface area (Å²) >= 11 is 1.77. The second-order valence-electron chi connectivity index (χ2n) is 5.92. The second-order valence-corrected chi connectivity index (χ2v) is 6.90. The third kappa shape index (κ3) is 5.95. The van der Waals surface area contributed by atoms with Crippen molar-refractivity contribution in [3.63, 3.8) is 0 Å². The predicted octanol–water partition coefficient (Wildman–Crippen LogP) is 3.55. The maximum absolute atomic E-state index is 6.06. The van der Waals surface area contributed by atoms with Gasteiger partial charge in [-0.1, -0.05) is 24.3 Å². The van der Waals surface area contributed by atoms with Gasteiger partial charge in [0.1, 0.15) is 0 Å². The molecule has 2 heterocycles. The lowest BCUT2D eigenvalue weighted by Crippen LogP contribution is -2.44. The molecule has 0 amide bonds. The van der Waals surface area contributed by atoms with Crippen LogP contribution in [0.3, 0.4) is 0 Å². The van der Waals surface area contributed by atoms with Crippen molar-refractivity contribution in [2.75, 3.05) is 31.6 Å². The predicted molar refractivity (Wildman–Crippen MR) is 116 cm³/mol. The average molecular weight is 472 g/mol. The summed E-state index contributed by atoms with van der Waals surface area (Å²) < 4.78 is 5.67. The summed E-state index contributed by atoms with van der Waals surface area (Å²) in [6.45, 7) is 5.37. The number of para-hydroxylation sites is 1. The van der Waals surface area contributed by atoms with Crippen LogP contribution in [-0.2, 0) is 4.74 Å². The summed E-state index contributed by atoms with van der Waals surface area (Å²) in [5.41, 5.74) is 7.01. The lowest BCUT2D eigenvalue weighted by atomic mass is 10.1. The fraction of sp³-hybridized carbons (Fsp3) is 0.389. The number of nitrogens with zero attached hydrogens (tertiary/aromatic N) is 2. The standard InChI is InChI=1S/C18H24N4OS.HI/c1-14-13-22(9-10-23-14)16(17-8-5-11-24-17)12-20-18(19)21-15-6-3-2-4-7-15;/h2-8,11,14,16H,9-10,12-13H2,1H3,(H3,19,20,21);1H. The Labute approximate surface area is 170 Å². The Hall–Kier alpha value is -1.16. The summed E-state index contributed by atoms with van der Waals surface area (Å²) in [5.74, 6) is 0.448. The van der Waals surface area contributed by atoms with Crippen molar-refractivity contribution in [2.24, 2.45) is 10.7 Å². The summed E-state index contributed by atoms with van der Waals surface area (Å²) in [6, 6.07) is 14.4. The lowest BCUT2D eigenvalue weighted by molar-refractivity contribution is -0.0327. The molecule has 0 radical (unpaired) electrons. The Bertz CT molecular complexity index is 650. The van der Waals surface area contributed by atoms with Crippen molar-refractivity contribution in [1.82, 2.24) is 4.90 Å². The smallest absolute Gasteiger partial charge is 0.193 e. The van der Waals surface area contributed by atoms with Crippen LogP contribution in [0.1, 0.15) is 17.8 Å². The van der Waals surface area contributed by atoms with Crippen LogP contribution in [0.4, 0.5) is 5.69 Å². The molecule has 3 N–H and O–H groups in total. The molecule has 7 heteroatoms. The summed E-state index contributed by atoms with van der Waals surface area (Å²) in [5, 5.41) is 5.25. The van der Waals surface area contributed by atoms with Crippen LogP contribution < -0.4 is 11.1 Å². The average Bonchev–Trinajstić information content (AvgIpc) is 3.10. The fourth-order valence-corrected chi connectivity index (χ4v) is 3.74. The van der Waals surface area contributed by atoms with Gasteiger partial charge in [0.05, 0.1) is 25.3 Å². The number of rotatable bonds is 5. The summed E-state index contributed by atoms with van der Waals surface area (Å²) in [7, 11) is 0. The van der Waals surface area contributed by atoms with Gasteiger partial charge in [-0.05, 0) is 30.5 Å². The zero-order valence-electron chi connectivity index (χ0n) is 14.3. The number of halogens is 1. The van der Waals surface area contributed by atoms with Crippen LogP contribution in [0.25, 0.3) is 0 Å². The van der Waals surface area contributed by atoms with E-state index in [4.69, 9.17) is 10.5 Å². The van der Waals surface area contributed by atoms with Gasteiger partial charge in [-0.3, -0.25) is 9.89 Å². The molecule has 1 fully saturated rings. The van der Waals surface area contributed by atoms with Crippen molar-refractivity contribution in [3.8, 4) is 0 Å². The molecule has 3 rings (SSSR count). The summed E-state index contributed by atoms with van der Waals surface area (Å²) in [4.78, 5) is 8.35. The number of nitrogens with one attached hydrogen (secondary N) is 1. The SMILES string of the molecule is CC1CN(C(CN=C(N)Nc2ccccc2)c2cccs2)CCO1.I. The number of aliphatic imine (C=N–C) groups is 1. The molecule has 136 valence electrons. The van der Waals surface area contributed by atoms with Gasteiger partial charge in [0.25, 0.3) is 0 Å². The van der Waals surface area contributed by atoms with Crippen molar-refractivity contribution in [1.29, 1.82) is 0 Å². The number of hydrogen-bond donors (Lipinski definition) is 2. The van der Waals surface area contributed by atoms with E-state index in [9.17, 15) is 0 Å². The van der Waals surface area contributed by atoms with Gasteiger partial charge in [0.2, 0.25) is 0 Å². The van der Waals surface area contributed by atoms with E-state index in [2.05, 4.69) is 39.6 Å². The number of thiophene rings is 1. The fourth-order valence-electron chi connectivity index (χ4n) is 2.89. The van der Waals surface area contributed by atoms with E-state index in [0.29, 0.717) is 12.5 Å². The first-order valence-corrected chi connectivity index (χ1v) is 9.11. The third-order valence-electron chi connectivity index (χ3n) is 4.07. The van der Waals surface area contributed by atoms with Crippen LogP contribution in [0.15, 0.2) is 52.8 Å². The highest BCUT2D eigenvalue weighted by atomic mass is 127. The molecule has 1 aromatic heterocycles. The molecule has 0 aliphatic carbocycles. The van der Waals surface area contributed by atoms with Gasteiger partial charge in [0, 0.05) is 23.7 Å². The van der Waals surface area contributed by atoms with Gasteiger partial charge >= 0.3 is 0 Å². The van der Waals surface area contributed by atoms with Crippen molar-refractivity contribution in [2.45, 2.75) is 19.1 Å². The van der Waals surface area contributed by atoms with Crippen LogP contribution in [0.2, 0.25) is 0 Å². The van der Waals surface area contributed by atoms with E-state index in [0.717, 1.165) is 25.4 Å². The Morgan fingerprint density at radius 1 is 1.36 bits per heavy atom. The first kappa shape index (κ1) is 20.2. The molecule has 1 aliphatic rings. The van der Waals surface area contributed by atoms with Crippen molar-refractivity contribution < 1.29 is 4.74 Å². The maximum Gasteiger partial charge on any atom is 0.193 e. The molecule has 2 atom stereocenters. The van der Waals surface area contributed by atoms with Gasteiger partial charge in [0.15, 0.2) is 5.96 Å². The van der Waals surface area contributed by atoms with E-state index < -0.39 is 0 Å². The van der Waals surface area contributed by atoms with Crippen LogP contribution in [0, 0.1) is 0 Å². The van der Waals surface area contributed by atoms with Gasteiger partial charge < -0.3 is 15.8 Å². The monoisotopic (exact) mass is 472 g/mol. The van der Waals surface area contributed by atoms with Gasteiger partial charge in [-0.2, -0.15) is 0 Å². The Morgan fingerprint density at radius 2 is 2.16 bits per heavy atom. The van der Waals surface area contributed by atoms with Crippen LogP contribution in [-0.4, -0.2) is 43.2 Å². The highest BCUT2D eigenvalue weighted by Crippen LogP contribution is 2.27. The molecule has 2 aromatic rings. The molecule has 0 saturated carbocycles. The third-order valence-corrected chi connectivity index (χ3v) is 5.04. The first-order valence-electron chi connectivity index (χ1n) is 8.23. The highest BCUT2D eigenvalue weighted by Gasteiger charge is 2.26. The maximum atomic E-state index is 6.06. The molecule has 1 aromatic carbocycles. The quantitative estimate of drug-likeness (QED) is 0.397. The number of hydrogen-bond acceptors (Lipinski definition) is 4. The number of nitrogens with two attached hydrogens (primary N) is 1. The largest absolute Gasteiger partial charge is 0.376 e. The molecule has 2 unspecified atom stereocenters. The van der Waals surface area contributed by atoms with Crippen LogP contribution >= 0.6 is 35.3 Å². The molecule has 1 aliphatic heterocycles. The molecule has 1 saturated heterocycles. The Morgan fingerprint density at radius 3 is 2.84 bits per heavy atom. The van der Waals surface area contributed by atoms with Gasteiger partial charge in [-0.25, -0.2) is 0 Å². The first-order chi connectivity index (χ1) is 11.7. The number of ether oxygens (including phenoxy) is 1. The zero-order valence-corrected chi connectivity index (χ0v) is 17.4. The number of morpholine rings is 1. The lowest BCUT2D eigenvalue weighted by Gasteiger charge is -2.36. The van der Waals surface area contributed by atoms with Crippen molar-refractivity contribution in [3.05, 3.63) is 52.7 Å². The highest BCUT2D eigenvalue weighted by molar-refractivity contribution is 14.0. The minimum atomic E-state index is 0. The minimum Gasteiger partial charge on any atom is -0.376 e. The molecular formula is C18H25IN4OS. The van der Waals surface area contributed by atoms with E-state index in [1.807, 2.05) is 30.3 Å². The molecule has 0 bridgehead atoms. The second kappa shape index (κ2) is 10.1. The molecule has 25 heavy (non-hydrogen) atoms. The molecular weight excluding hydrogens is 447 g/mol. The Kier molecular flexibility index (Phi) is 8.14. The number of anilines is 1.